The fraction of sp³-hybridized carbons (Fsp3) is 0.364. The van der Waals surface area contributed by atoms with Gasteiger partial charge in [0.15, 0.2) is 0 Å². The molecule has 1 atom stereocenters. The van der Waals surface area contributed by atoms with Gasteiger partial charge in [-0.15, -0.1) is 0 Å². The van der Waals surface area contributed by atoms with Crippen molar-refractivity contribution in [1.29, 1.82) is 0 Å². The highest BCUT2D eigenvalue weighted by Crippen LogP contribution is 2.27. The molecule has 0 radical (unpaired) electrons. The normalized spacial score (nSPS) is 13.3. The highest BCUT2D eigenvalue weighted by Gasteiger charge is 2.31. The molecule has 4 nitrogen and oxygen atoms in total. The van der Waals surface area contributed by atoms with Gasteiger partial charge < -0.3 is 10.5 Å². The Labute approximate surface area is 110 Å². The molecule has 1 rings (SSSR count). The summed E-state index contributed by atoms with van der Waals surface area (Å²) in [4.78, 5) is 11.2. The number of alkyl halides is 5. The molecule has 0 heterocycles. The smallest absolute Gasteiger partial charge is 0.401 e. The molecule has 20 heavy (non-hydrogen) atoms. The molecular weight excluding hydrogens is 287 g/mol. The van der Waals surface area contributed by atoms with Gasteiger partial charge in [-0.05, 0) is 6.07 Å². The van der Waals surface area contributed by atoms with Gasteiger partial charge in [0.1, 0.15) is 11.8 Å². The second-order valence-electron chi connectivity index (χ2n) is 3.75. The SMILES string of the molecule is NC(=O)C(NCC(F)(F)F)c1ccccc1OC(F)F. The third-order valence-corrected chi connectivity index (χ3v) is 2.24. The fourth-order valence-electron chi connectivity index (χ4n) is 1.50. The van der Waals surface area contributed by atoms with Crippen molar-refractivity contribution in [3.8, 4) is 5.75 Å². The molecule has 0 aliphatic carbocycles. The van der Waals surface area contributed by atoms with Gasteiger partial charge in [-0.3, -0.25) is 10.1 Å². The number of nitrogens with two attached hydrogens (primary N) is 1. The number of carbonyl (C=O) groups is 1. The van der Waals surface area contributed by atoms with Crippen LogP contribution in [0.1, 0.15) is 11.6 Å². The van der Waals surface area contributed by atoms with Crippen LogP contribution in [-0.4, -0.2) is 25.2 Å². The number of halogens is 5. The summed E-state index contributed by atoms with van der Waals surface area (Å²) in [6, 6.07) is 3.39. The lowest BCUT2D eigenvalue weighted by Crippen LogP contribution is -2.39. The minimum atomic E-state index is -4.58. The number of rotatable bonds is 6. The predicted molar refractivity (Wildman–Crippen MR) is 59.1 cm³/mol. The van der Waals surface area contributed by atoms with Crippen LogP contribution in [0.4, 0.5) is 22.0 Å². The van der Waals surface area contributed by atoms with Crippen LogP contribution in [0.3, 0.4) is 0 Å². The lowest BCUT2D eigenvalue weighted by Gasteiger charge is -2.19. The zero-order chi connectivity index (χ0) is 15.3. The maximum Gasteiger partial charge on any atom is 0.401 e. The third-order valence-electron chi connectivity index (χ3n) is 2.24. The van der Waals surface area contributed by atoms with E-state index in [0.29, 0.717) is 0 Å². The molecule has 112 valence electrons. The Hall–Kier alpha value is -1.90. The van der Waals surface area contributed by atoms with Crippen molar-refractivity contribution in [2.24, 2.45) is 5.73 Å². The number of hydrogen-bond donors (Lipinski definition) is 2. The Balaban J connectivity index is 3.00. The number of nitrogens with one attached hydrogen (secondary N) is 1. The number of primary amides is 1. The molecule has 0 aliphatic heterocycles. The third kappa shape index (κ3) is 5.00. The van der Waals surface area contributed by atoms with Crippen LogP contribution < -0.4 is 15.8 Å². The number of para-hydroxylation sites is 1. The van der Waals surface area contributed by atoms with E-state index >= 15 is 0 Å². The first-order valence-electron chi connectivity index (χ1n) is 5.34. The fourth-order valence-corrected chi connectivity index (χ4v) is 1.50. The van der Waals surface area contributed by atoms with E-state index in [9.17, 15) is 26.7 Å². The number of ether oxygens (including phenoxy) is 1. The van der Waals surface area contributed by atoms with E-state index in [0.717, 1.165) is 6.07 Å². The Bertz CT molecular complexity index is 464. The molecule has 3 N–H and O–H groups in total. The second kappa shape index (κ2) is 6.51. The number of benzene rings is 1. The molecule has 1 unspecified atom stereocenters. The first kappa shape index (κ1) is 16.2. The highest BCUT2D eigenvalue weighted by atomic mass is 19.4. The zero-order valence-electron chi connectivity index (χ0n) is 9.95. The second-order valence-corrected chi connectivity index (χ2v) is 3.75. The van der Waals surface area contributed by atoms with Gasteiger partial charge in [0, 0.05) is 5.56 Å². The minimum Gasteiger partial charge on any atom is -0.434 e. The Kier molecular flexibility index (Phi) is 5.26. The van der Waals surface area contributed by atoms with Crippen molar-refractivity contribution in [3.05, 3.63) is 29.8 Å². The average Bonchev–Trinajstić information content (AvgIpc) is 2.28. The Morgan fingerprint density at radius 3 is 2.40 bits per heavy atom. The number of carbonyl (C=O) groups excluding carboxylic acids is 1. The summed E-state index contributed by atoms with van der Waals surface area (Å²) < 4.78 is 65.0. The van der Waals surface area contributed by atoms with Crippen LogP contribution in [0, 0.1) is 0 Å². The van der Waals surface area contributed by atoms with Gasteiger partial charge in [-0.25, -0.2) is 0 Å². The van der Waals surface area contributed by atoms with Crippen LogP contribution in [0.15, 0.2) is 24.3 Å². The molecule has 1 aromatic carbocycles. The highest BCUT2D eigenvalue weighted by molar-refractivity contribution is 5.82. The van der Waals surface area contributed by atoms with E-state index in [1.165, 1.54) is 18.2 Å². The van der Waals surface area contributed by atoms with Crippen molar-refractivity contribution < 1.29 is 31.5 Å². The zero-order valence-corrected chi connectivity index (χ0v) is 9.95. The van der Waals surface area contributed by atoms with Crippen LogP contribution in [-0.2, 0) is 4.79 Å². The molecule has 0 aliphatic rings. The average molecular weight is 298 g/mol. The van der Waals surface area contributed by atoms with E-state index in [1.807, 2.05) is 5.32 Å². The summed E-state index contributed by atoms with van der Waals surface area (Å²) in [5.74, 6) is -1.56. The minimum absolute atomic E-state index is 0.190. The largest absolute Gasteiger partial charge is 0.434 e. The van der Waals surface area contributed by atoms with E-state index < -0.39 is 37.0 Å². The van der Waals surface area contributed by atoms with E-state index in [2.05, 4.69) is 4.74 Å². The van der Waals surface area contributed by atoms with Crippen molar-refractivity contribution >= 4 is 5.91 Å². The molecule has 0 aromatic heterocycles. The van der Waals surface area contributed by atoms with Crippen LogP contribution in [0.2, 0.25) is 0 Å². The van der Waals surface area contributed by atoms with Gasteiger partial charge in [0.2, 0.25) is 5.91 Å². The lowest BCUT2D eigenvalue weighted by atomic mass is 10.1. The standard InChI is InChI=1S/C11H11F5N2O2/c12-10(13)20-7-4-2-1-3-6(7)8(9(17)19)18-5-11(14,15)16/h1-4,8,10,18H,5H2,(H2,17,19). The monoisotopic (exact) mass is 298 g/mol. The summed E-state index contributed by atoms with van der Waals surface area (Å²) in [5.41, 5.74) is 4.80. The van der Waals surface area contributed by atoms with Gasteiger partial charge >= 0.3 is 12.8 Å². The summed E-state index contributed by atoms with van der Waals surface area (Å²) in [6.07, 6.45) is -4.58. The molecule has 9 heteroatoms. The van der Waals surface area contributed by atoms with Crippen molar-refractivity contribution in [2.45, 2.75) is 18.8 Å². The summed E-state index contributed by atoms with van der Waals surface area (Å²) in [5, 5.41) is 1.86. The first-order valence-corrected chi connectivity index (χ1v) is 5.34. The van der Waals surface area contributed by atoms with Crippen molar-refractivity contribution in [2.75, 3.05) is 6.54 Å². The van der Waals surface area contributed by atoms with E-state index in [-0.39, 0.29) is 5.56 Å². The molecule has 1 aromatic rings. The van der Waals surface area contributed by atoms with Crippen LogP contribution >= 0.6 is 0 Å². The maximum absolute atomic E-state index is 12.2. The van der Waals surface area contributed by atoms with Crippen molar-refractivity contribution in [3.63, 3.8) is 0 Å². The van der Waals surface area contributed by atoms with Crippen molar-refractivity contribution in [1.82, 2.24) is 5.32 Å². The molecule has 0 fully saturated rings. The summed E-state index contributed by atoms with van der Waals surface area (Å²) in [6.45, 7) is -4.67. The van der Waals surface area contributed by atoms with Gasteiger partial charge in [0.25, 0.3) is 0 Å². The quantitative estimate of drug-likeness (QED) is 0.789. The summed E-state index contributed by atoms with van der Waals surface area (Å²) in [7, 11) is 0. The van der Waals surface area contributed by atoms with Crippen LogP contribution in [0.25, 0.3) is 0 Å². The first-order chi connectivity index (χ1) is 9.20. The molecular formula is C11H11F5N2O2. The molecule has 0 spiro atoms. The number of hydrogen-bond acceptors (Lipinski definition) is 3. The maximum atomic E-state index is 12.2. The van der Waals surface area contributed by atoms with Gasteiger partial charge in [0.05, 0.1) is 6.54 Å². The lowest BCUT2D eigenvalue weighted by molar-refractivity contribution is -0.131. The Morgan fingerprint density at radius 2 is 1.90 bits per heavy atom. The molecule has 0 saturated carbocycles. The van der Waals surface area contributed by atoms with E-state index in [1.54, 1.807) is 0 Å². The molecule has 1 amide bonds. The van der Waals surface area contributed by atoms with E-state index in [4.69, 9.17) is 5.73 Å². The Morgan fingerprint density at radius 1 is 1.30 bits per heavy atom. The van der Waals surface area contributed by atoms with Crippen LogP contribution in [0.5, 0.6) is 5.75 Å². The topological polar surface area (TPSA) is 64.4 Å². The number of amides is 1. The molecule has 0 saturated heterocycles. The van der Waals surface area contributed by atoms with Gasteiger partial charge in [-0.2, -0.15) is 22.0 Å². The molecule has 0 bridgehead atoms. The van der Waals surface area contributed by atoms with Gasteiger partial charge in [-0.1, -0.05) is 18.2 Å². The summed E-state index contributed by atoms with van der Waals surface area (Å²) >= 11 is 0. The predicted octanol–water partition coefficient (Wildman–Crippen LogP) is 1.97.